The van der Waals surface area contributed by atoms with Crippen molar-refractivity contribution in [2.45, 2.75) is 50.8 Å². The number of hydrogen-bond acceptors (Lipinski definition) is 6. The van der Waals surface area contributed by atoms with Gasteiger partial charge in [0.15, 0.2) is 6.10 Å². The molecule has 0 saturated carbocycles. The average molecular weight is 488 g/mol. The van der Waals surface area contributed by atoms with Gasteiger partial charge in [-0.3, -0.25) is 9.69 Å². The minimum atomic E-state index is -3.70. The van der Waals surface area contributed by atoms with Gasteiger partial charge in [0.1, 0.15) is 0 Å². The predicted molar refractivity (Wildman–Crippen MR) is 130 cm³/mol. The smallest absolute Gasteiger partial charge is 0.338 e. The highest BCUT2D eigenvalue weighted by molar-refractivity contribution is 7.89. The lowest BCUT2D eigenvalue weighted by molar-refractivity contribution is -0.141. The zero-order chi connectivity index (χ0) is 24.9. The molecule has 34 heavy (non-hydrogen) atoms. The summed E-state index contributed by atoms with van der Waals surface area (Å²) in [4.78, 5) is 29.4. The van der Waals surface area contributed by atoms with Crippen LogP contribution in [-0.4, -0.2) is 67.9 Å². The number of nitrogens with zero attached hydrogens (tertiary/aromatic N) is 2. The molecule has 2 aromatic carbocycles. The van der Waals surface area contributed by atoms with Crippen molar-refractivity contribution in [3.63, 3.8) is 0 Å². The van der Waals surface area contributed by atoms with E-state index in [2.05, 4.69) is 21.8 Å². The highest BCUT2D eigenvalue weighted by Gasteiger charge is 2.28. The quantitative estimate of drug-likeness (QED) is 0.604. The molecule has 184 valence electrons. The Morgan fingerprint density at radius 2 is 1.56 bits per heavy atom. The molecule has 0 radical (unpaired) electrons. The second-order valence-electron chi connectivity index (χ2n) is 9.51. The van der Waals surface area contributed by atoms with Gasteiger partial charge in [0.25, 0.3) is 5.91 Å². The highest BCUT2D eigenvalue weighted by atomic mass is 32.2. The maximum atomic E-state index is 12.8. The SMILES string of the molecule is CC(OC(=O)c1ccc(S(=O)(=O)NC(C)(C)C)cc1)C(=O)N1CCN(Cc2ccccc2)CC1. The van der Waals surface area contributed by atoms with E-state index in [9.17, 15) is 18.0 Å². The number of benzene rings is 2. The van der Waals surface area contributed by atoms with E-state index in [-0.39, 0.29) is 16.4 Å². The van der Waals surface area contributed by atoms with E-state index < -0.39 is 27.6 Å². The fourth-order valence-electron chi connectivity index (χ4n) is 3.74. The Bertz CT molecular complexity index is 1090. The fourth-order valence-corrected chi connectivity index (χ4v) is 5.15. The fraction of sp³-hybridized carbons (Fsp3) is 0.440. The van der Waals surface area contributed by atoms with Crippen molar-refractivity contribution in [1.29, 1.82) is 0 Å². The molecule has 1 N–H and O–H groups in total. The summed E-state index contributed by atoms with van der Waals surface area (Å²) in [6, 6.07) is 15.7. The van der Waals surface area contributed by atoms with Gasteiger partial charge in [0.2, 0.25) is 10.0 Å². The van der Waals surface area contributed by atoms with E-state index in [4.69, 9.17) is 4.74 Å². The lowest BCUT2D eigenvalue weighted by atomic mass is 10.1. The molecule has 1 aliphatic rings. The first kappa shape index (κ1) is 25.9. The van der Waals surface area contributed by atoms with Gasteiger partial charge in [-0.05, 0) is 57.5 Å². The van der Waals surface area contributed by atoms with Gasteiger partial charge in [-0.15, -0.1) is 0 Å². The molecule has 0 aliphatic carbocycles. The molecule has 1 fully saturated rings. The summed E-state index contributed by atoms with van der Waals surface area (Å²) in [6.07, 6.45) is -0.931. The standard InChI is InChI=1S/C25H33N3O5S/c1-19(23(29)28-16-14-27(15-17-28)18-20-8-6-5-7-9-20)33-24(30)21-10-12-22(13-11-21)34(31,32)26-25(2,3)4/h5-13,19,26H,14-18H2,1-4H3. The first-order valence-corrected chi connectivity index (χ1v) is 12.8. The van der Waals surface area contributed by atoms with Crippen LogP contribution in [0.15, 0.2) is 59.5 Å². The summed E-state index contributed by atoms with van der Waals surface area (Å²) in [5.74, 6) is -0.905. The van der Waals surface area contributed by atoms with Crippen molar-refractivity contribution < 1.29 is 22.7 Å². The Morgan fingerprint density at radius 3 is 2.12 bits per heavy atom. The topological polar surface area (TPSA) is 96.0 Å². The van der Waals surface area contributed by atoms with E-state index in [1.807, 2.05) is 18.2 Å². The van der Waals surface area contributed by atoms with Gasteiger partial charge in [-0.25, -0.2) is 17.9 Å². The number of esters is 1. The zero-order valence-electron chi connectivity index (χ0n) is 20.2. The van der Waals surface area contributed by atoms with Crippen LogP contribution in [0.2, 0.25) is 0 Å². The van der Waals surface area contributed by atoms with Crippen LogP contribution in [0.3, 0.4) is 0 Å². The molecule has 1 saturated heterocycles. The maximum Gasteiger partial charge on any atom is 0.338 e. The van der Waals surface area contributed by atoms with E-state index in [1.54, 1.807) is 32.6 Å². The summed E-state index contributed by atoms with van der Waals surface area (Å²) in [7, 11) is -3.70. The molecule has 1 atom stereocenters. The van der Waals surface area contributed by atoms with Gasteiger partial charge in [-0.2, -0.15) is 0 Å². The van der Waals surface area contributed by atoms with Crippen molar-refractivity contribution in [3.05, 3.63) is 65.7 Å². The van der Waals surface area contributed by atoms with Crippen LogP contribution >= 0.6 is 0 Å². The molecule has 0 spiro atoms. The van der Waals surface area contributed by atoms with Crippen molar-refractivity contribution in [1.82, 2.24) is 14.5 Å². The Balaban J connectivity index is 1.52. The molecule has 1 unspecified atom stereocenters. The van der Waals surface area contributed by atoms with Crippen molar-refractivity contribution in [2.24, 2.45) is 0 Å². The number of rotatable bonds is 7. The van der Waals surface area contributed by atoms with E-state index in [1.165, 1.54) is 29.8 Å². The maximum absolute atomic E-state index is 12.8. The summed E-state index contributed by atoms with van der Waals surface area (Å²) in [5, 5.41) is 0. The van der Waals surface area contributed by atoms with Gasteiger partial charge >= 0.3 is 5.97 Å². The Labute approximate surface area is 201 Å². The van der Waals surface area contributed by atoms with Crippen LogP contribution in [0.4, 0.5) is 0 Å². The second kappa shape index (κ2) is 10.7. The number of nitrogens with one attached hydrogen (secondary N) is 1. The number of sulfonamides is 1. The molecule has 3 rings (SSSR count). The van der Waals surface area contributed by atoms with Crippen molar-refractivity contribution in [2.75, 3.05) is 26.2 Å². The van der Waals surface area contributed by atoms with E-state index >= 15 is 0 Å². The Hall–Kier alpha value is -2.75. The van der Waals surface area contributed by atoms with Gasteiger partial charge in [0, 0.05) is 38.3 Å². The molecule has 9 heteroatoms. The van der Waals surface area contributed by atoms with Crippen LogP contribution in [0.25, 0.3) is 0 Å². The molecule has 0 aromatic heterocycles. The summed E-state index contributed by atoms with van der Waals surface area (Å²) < 4.78 is 32.8. The number of carbonyl (C=O) groups is 2. The largest absolute Gasteiger partial charge is 0.449 e. The summed E-state index contributed by atoms with van der Waals surface area (Å²) >= 11 is 0. The third kappa shape index (κ3) is 7.12. The van der Waals surface area contributed by atoms with Gasteiger partial charge in [0.05, 0.1) is 10.5 Å². The predicted octanol–water partition coefficient (Wildman–Crippen LogP) is 2.65. The second-order valence-corrected chi connectivity index (χ2v) is 11.2. The molecular weight excluding hydrogens is 454 g/mol. The lowest BCUT2D eigenvalue weighted by Gasteiger charge is -2.35. The minimum absolute atomic E-state index is 0.0523. The van der Waals surface area contributed by atoms with E-state index in [0.29, 0.717) is 13.1 Å². The van der Waals surface area contributed by atoms with Crippen LogP contribution in [0.5, 0.6) is 0 Å². The first-order valence-electron chi connectivity index (χ1n) is 11.3. The molecule has 1 amide bonds. The number of ether oxygens (including phenoxy) is 1. The van der Waals surface area contributed by atoms with Gasteiger partial charge < -0.3 is 9.64 Å². The normalized spacial score (nSPS) is 16.2. The van der Waals surface area contributed by atoms with Crippen molar-refractivity contribution in [3.8, 4) is 0 Å². The number of hydrogen-bond donors (Lipinski definition) is 1. The monoisotopic (exact) mass is 487 g/mol. The molecule has 8 nitrogen and oxygen atoms in total. The molecule has 1 aliphatic heterocycles. The average Bonchev–Trinajstić information content (AvgIpc) is 2.78. The molecule has 1 heterocycles. The van der Waals surface area contributed by atoms with Crippen LogP contribution in [0, 0.1) is 0 Å². The molecule has 0 bridgehead atoms. The third-order valence-corrected chi connectivity index (χ3v) is 7.18. The van der Waals surface area contributed by atoms with Crippen LogP contribution in [0.1, 0.15) is 43.6 Å². The van der Waals surface area contributed by atoms with Crippen LogP contribution < -0.4 is 4.72 Å². The first-order chi connectivity index (χ1) is 15.9. The molecular formula is C25H33N3O5S. The lowest BCUT2D eigenvalue weighted by Crippen LogP contribution is -2.51. The van der Waals surface area contributed by atoms with Crippen LogP contribution in [-0.2, 0) is 26.1 Å². The minimum Gasteiger partial charge on any atom is -0.449 e. The highest BCUT2D eigenvalue weighted by Crippen LogP contribution is 2.16. The van der Waals surface area contributed by atoms with Gasteiger partial charge in [-0.1, -0.05) is 30.3 Å². The summed E-state index contributed by atoms with van der Waals surface area (Å²) in [6.45, 7) is 10.3. The summed E-state index contributed by atoms with van der Waals surface area (Å²) in [5.41, 5.74) is 0.791. The molecule has 2 aromatic rings. The number of amides is 1. The number of piperazine rings is 1. The Morgan fingerprint density at radius 1 is 0.971 bits per heavy atom. The number of carbonyl (C=O) groups excluding carboxylic acids is 2. The Kier molecular flexibility index (Phi) is 8.12. The zero-order valence-corrected chi connectivity index (χ0v) is 21.0. The van der Waals surface area contributed by atoms with Crippen molar-refractivity contribution >= 4 is 21.9 Å². The van der Waals surface area contributed by atoms with E-state index in [0.717, 1.165) is 19.6 Å². The third-order valence-electron chi connectivity index (χ3n) is 5.41.